The number of fused-ring (bicyclic) bond motifs is 1. The number of aliphatic imine (C=N–C) groups is 1. The highest BCUT2D eigenvalue weighted by molar-refractivity contribution is 5.79. The zero-order chi connectivity index (χ0) is 19.2. The van der Waals surface area contributed by atoms with Crippen molar-refractivity contribution in [1.29, 1.82) is 0 Å². The molecule has 0 spiro atoms. The van der Waals surface area contributed by atoms with Gasteiger partial charge in [0, 0.05) is 33.2 Å². The molecule has 0 amide bonds. The first kappa shape index (κ1) is 20.1. The van der Waals surface area contributed by atoms with Gasteiger partial charge in [-0.2, -0.15) is 5.10 Å². The molecule has 152 valence electrons. The highest BCUT2D eigenvalue weighted by atomic mass is 16.5. The van der Waals surface area contributed by atoms with Crippen molar-refractivity contribution in [3.05, 3.63) is 11.6 Å². The predicted octanol–water partition coefficient (Wildman–Crippen LogP) is 2.37. The Bertz CT molecular complexity index is 618. The molecule has 1 unspecified atom stereocenters. The van der Waals surface area contributed by atoms with Gasteiger partial charge in [-0.1, -0.05) is 13.8 Å². The van der Waals surface area contributed by atoms with Crippen molar-refractivity contribution >= 4 is 5.96 Å². The SMILES string of the molecule is CN=C(NCC1CCC(C(C)C)CC1)NC1CCc2nc(COC)nn2C1. The highest BCUT2D eigenvalue weighted by Gasteiger charge is 2.25. The molecule has 1 fully saturated rings. The van der Waals surface area contributed by atoms with Crippen LogP contribution in [0.15, 0.2) is 4.99 Å². The lowest BCUT2D eigenvalue weighted by molar-refractivity contribution is 0.177. The molecule has 2 heterocycles. The molecule has 7 heteroatoms. The zero-order valence-corrected chi connectivity index (χ0v) is 17.4. The first-order chi connectivity index (χ1) is 13.1. The molecule has 1 aromatic heterocycles. The summed E-state index contributed by atoms with van der Waals surface area (Å²) in [6.45, 7) is 7.03. The molecule has 1 aliphatic heterocycles. The summed E-state index contributed by atoms with van der Waals surface area (Å²) in [5.74, 6) is 5.25. The van der Waals surface area contributed by atoms with Crippen LogP contribution in [0.25, 0.3) is 0 Å². The largest absolute Gasteiger partial charge is 0.377 e. The van der Waals surface area contributed by atoms with Crippen molar-refractivity contribution in [2.45, 2.75) is 71.6 Å². The molecule has 3 rings (SSSR count). The fourth-order valence-corrected chi connectivity index (χ4v) is 4.36. The van der Waals surface area contributed by atoms with Gasteiger partial charge in [-0.3, -0.25) is 4.99 Å². The number of hydrogen-bond acceptors (Lipinski definition) is 4. The van der Waals surface area contributed by atoms with Crippen LogP contribution in [0, 0.1) is 17.8 Å². The third-order valence-corrected chi connectivity index (χ3v) is 6.13. The topological polar surface area (TPSA) is 76.4 Å². The average molecular weight is 377 g/mol. The van der Waals surface area contributed by atoms with Crippen LogP contribution in [0.5, 0.6) is 0 Å². The van der Waals surface area contributed by atoms with Gasteiger partial charge in [-0.05, 0) is 49.9 Å². The molecule has 7 nitrogen and oxygen atoms in total. The minimum Gasteiger partial charge on any atom is -0.377 e. The highest BCUT2D eigenvalue weighted by Crippen LogP contribution is 2.32. The van der Waals surface area contributed by atoms with Crippen molar-refractivity contribution in [3.8, 4) is 0 Å². The molecule has 1 atom stereocenters. The Hall–Kier alpha value is -1.63. The maximum absolute atomic E-state index is 5.14. The Kier molecular flexibility index (Phi) is 7.10. The van der Waals surface area contributed by atoms with Crippen LogP contribution in [0.3, 0.4) is 0 Å². The second kappa shape index (κ2) is 9.53. The van der Waals surface area contributed by atoms with Gasteiger partial charge in [0.25, 0.3) is 0 Å². The molecule has 1 saturated carbocycles. The summed E-state index contributed by atoms with van der Waals surface area (Å²) in [6, 6.07) is 0.331. The van der Waals surface area contributed by atoms with Crippen LogP contribution in [-0.4, -0.2) is 47.5 Å². The van der Waals surface area contributed by atoms with E-state index >= 15 is 0 Å². The van der Waals surface area contributed by atoms with Crippen molar-refractivity contribution in [2.24, 2.45) is 22.7 Å². The molecule has 1 aromatic rings. The van der Waals surface area contributed by atoms with E-state index in [2.05, 4.69) is 39.6 Å². The fraction of sp³-hybridized carbons (Fsp3) is 0.850. The van der Waals surface area contributed by atoms with E-state index in [1.165, 1.54) is 25.7 Å². The lowest BCUT2D eigenvalue weighted by Gasteiger charge is -2.31. The summed E-state index contributed by atoms with van der Waals surface area (Å²) in [7, 11) is 3.53. The van der Waals surface area contributed by atoms with Crippen molar-refractivity contribution < 1.29 is 4.74 Å². The Morgan fingerprint density at radius 1 is 1.26 bits per heavy atom. The van der Waals surface area contributed by atoms with Gasteiger partial charge < -0.3 is 15.4 Å². The Morgan fingerprint density at radius 3 is 2.70 bits per heavy atom. The van der Waals surface area contributed by atoms with Crippen LogP contribution < -0.4 is 10.6 Å². The second-order valence-corrected chi connectivity index (χ2v) is 8.42. The van der Waals surface area contributed by atoms with E-state index in [0.29, 0.717) is 12.6 Å². The van der Waals surface area contributed by atoms with Crippen molar-refractivity contribution in [1.82, 2.24) is 25.4 Å². The minimum atomic E-state index is 0.331. The van der Waals surface area contributed by atoms with Gasteiger partial charge in [-0.25, -0.2) is 9.67 Å². The predicted molar refractivity (Wildman–Crippen MR) is 108 cm³/mol. The zero-order valence-electron chi connectivity index (χ0n) is 17.4. The summed E-state index contributed by atoms with van der Waals surface area (Å²) < 4.78 is 7.15. The van der Waals surface area contributed by atoms with Gasteiger partial charge >= 0.3 is 0 Å². The monoisotopic (exact) mass is 376 g/mol. The second-order valence-electron chi connectivity index (χ2n) is 8.42. The van der Waals surface area contributed by atoms with Crippen LogP contribution in [0.4, 0.5) is 0 Å². The number of nitrogens with one attached hydrogen (secondary N) is 2. The number of nitrogens with zero attached hydrogens (tertiary/aromatic N) is 4. The summed E-state index contributed by atoms with van der Waals surface area (Å²) in [6.07, 6.45) is 7.40. The molecular formula is C20H36N6O. The van der Waals surface area contributed by atoms with E-state index < -0.39 is 0 Å². The summed E-state index contributed by atoms with van der Waals surface area (Å²) in [5.41, 5.74) is 0. The molecule has 27 heavy (non-hydrogen) atoms. The first-order valence-electron chi connectivity index (χ1n) is 10.5. The van der Waals surface area contributed by atoms with E-state index in [9.17, 15) is 0 Å². The number of aryl methyl sites for hydroxylation is 1. The molecule has 0 radical (unpaired) electrons. The number of rotatable bonds is 6. The number of methoxy groups -OCH3 is 1. The molecule has 2 N–H and O–H groups in total. The average Bonchev–Trinajstić information content (AvgIpc) is 3.07. The Morgan fingerprint density at radius 2 is 2.04 bits per heavy atom. The van der Waals surface area contributed by atoms with E-state index in [1.54, 1.807) is 7.11 Å². The van der Waals surface area contributed by atoms with Crippen molar-refractivity contribution in [2.75, 3.05) is 20.7 Å². The van der Waals surface area contributed by atoms with E-state index in [4.69, 9.17) is 4.74 Å². The number of aromatic nitrogens is 3. The Balaban J connectivity index is 1.44. The molecule has 2 aliphatic rings. The molecule has 1 aliphatic carbocycles. The Labute approximate surface area is 163 Å². The third-order valence-electron chi connectivity index (χ3n) is 6.13. The minimum absolute atomic E-state index is 0.331. The number of hydrogen-bond donors (Lipinski definition) is 2. The maximum Gasteiger partial charge on any atom is 0.191 e. The van der Waals surface area contributed by atoms with E-state index in [0.717, 1.165) is 61.3 Å². The summed E-state index contributed by atoms with van der Waals surface area (Å²) in [4.78, 5) is 8.97. The molecular weight excluding hydrogens is 340 g/mol. The smallest absolute Gasteiger partial charge is 0.191 e. The lowest BCUT2D eigenvalue weighted by atomic mass is 9.77. The molecule has 0 saturated heterocycles. The third kappa shape index (κ3) is 5.43. The van der Waals surface area contributed by atoms with E-state index in [1.807, 2.05) is 11.7 Å². The molecule has 0 bridgehead atoms. The number of guanidine groups is 1. The first-order valence-corrected chi connectivity index (χ1v) is 10.5. The van der Waals surface area contributed by atoms with Gasteiger partial charge in [0.15, 0.2) is 11.8 Å². The fourth-order valence-electron chi connectivity index (χ4n) is 4.36. The van der Waals surface area contributed by atoms with Crippen LogP contribution in [0.1, 0.15) is 57.6 Å². The lowest BCUT2D eigenvalue weighted by Crippen LogP contribution is -2.48. The summed E-state index contributed by atoms with van der Waals surface area (Å²) in [5, 5.41) is 11.7. The van der Waals surface area contributed by atoms with Crippen LogP contribution >= 0.6 is 0 Å². The van der Waals surface area contributed by atoms with Gasteiger partial charge in [0.05, 0.1) is 6.54 Å². The number of ether oxygens (including phenoxy) is 1. The van der Waals surface area contributed by atoms with Crippen molar-refractivity contribution in [3.63, 3.8) is 0 Å². The normalized spacial score (nSPS) is 26.1. The maximum atomic E-state index is 5.14. The van der Waals surface area contributed by atoms with E-state index in [-0.39, 0.29) is 0 Å². The quantitative estimate of drug-likeness (QED) is 0.589. The van der Waals surface area contributed by atoms with Crippen LogP contribution in [-0.2, 0) is 24.3 Å². The summed E-state index contributed by atoms with van der Waals surface area (Å²) >= 11 is 0. The standard InChI is InChI=1S/C20H36N6O/c1-14(2)16-7-5-15(6-8-16)11-22-20(21-3)23-17-9-10-19-24-18(13-27-4)25-26(19)12-17/h14-17H,5-13H2,1-4H3,(H2,21,22,23). The van der Waals surface area contributed by atoms with Gasteiger partial charge in [-0.15, -0.1) is 0 Å². The van der Waals surface area contributed by atoms with Crippen LogP contribution in [0.2, 0.25) is 0 Å². The van der Waals surface area contributed by atoms with Gasteiger partial charge in [0.1, 0.15) is 12.4 Å². The van der Waals surface area contributed by atoms with Gasteiger partial charge in [0.2, 0.25) is 0 Å². The molecule has 0 aromatic carbocycles.